The van der Waals surface area contributed by atoms with Gasteiger partial charge in [-0.1, -0.05) is 6.92 Å². The van der Waals surface area contributed by atoms with Gasteiger partial charge in [-0.15, -0.1) is 0 Å². The number of hydrogen-bond donors (Lipinski definition) is 0. The van der Waals surface area contributed by atoms with Crippen LogP contribution in [-0.4, -0.2) is 62.1 Å². The summed E-state index contributed by atoms with van der Waals surface area (Å²) in [5.74, 6) is 0.597. The smallest absolute Gasteiger partial charge is 0.310 e. The molecule has 4 nitrogen and oxygen atoms in total. The largest absolute Gasteiger partial charge is 0.469 e. The molecule has 0 radical (unpaired) electrons. The quantitative estimate of drug-likeness (QED) is 0.709. The van der Waals surface area contributed by atoms with Crippen molar-refractivity contribution in [2.45, 2.75) is 32.6 Å². The molecule has 0 aliphatic carbocycles. The topological polar surface area (TPSA) is 32.8 Å². The fourth-order valence-electron chi connectivity index (χ4n) is 3.48. The van der Waals surface area contributed by atoms with Gasteiger partial charge >= 0.3 is 5.97 Å². The summed E-state index contributed by atoms with van der Waals surface area (Å²) in [4.78, 5) is 17.0. The lowest BCUT2D eigenvalue weighted by Gasteiger charge is -2.35. The Kier molecular flexibility index (Phi) is 5.64. The number of piperidine rings is 1. The number of esters is 1. The number of carbonyl (C=O) groups excluding carboxylic acids is 1. The van der Waals surface area contributed by atoms with E-state index in [1.807, 2.05) is 0 Å². The highest BCUT2D eigenvalue weighted by atomic mass is 16.5. The molecule has 19 heavy (non-hydrogen) atoms. The van der Waals surface area contributed by atoms with Crippen LogP contribution in [0.1, 0.15) is 32.6 Å². The predicted octanol–water partition coefficient (Wildman–Crippen LogP) is 1.60. The van der Waals surface area contributed by atoms with Crippen molar-refractivity contribution < 1.29 is 9.53 Å². The Morgan fingerprint density at radius 2 is 1.79 bits per heavy atom. The van der Waals surface area contributed by atoms with E-state index in [4.69, 9.17) is 4.74 Å². The minimum absolute atomic E-state index is 0.00171. The highest BCUT2D eigenvalue weighted by Crippen LogP contribution is 2.27. The summed E-state index contributed by atoms with van der Waals surface area (Å²) < 4.78 is 5.05. The molecule has 0 bridgehead atoms. The molecule has 0 aromatic heterocycles. The molecule has 2 fully saturated rings. The molecule has 1 atom stereocenters. The molecule has 4 heteroatoms. The third kappa shape index (κ3) is 3.93. The van der Waals surface area contributed by atoms with E-state index in [0.717, 1.165) is 52.1 Å². The van der Waals surface area contributed by atoms with E-state index in [0.29, 0.717) is 5.92 Å². The van der Waals surface area contributed by atoms with Gasteiger partial charge in [0.05, 0.1) is 13.0 Å². The molecule has 1 unspecified atom stereocenters. The van der Waals surface area contributed by atoms with Gasteiger partial charge in [0.2, 0.25) is 0 Å². The highest BCUT2D eigenvalue weighted by Gasteiger charge is 2.33. The van der Waals surface area contributed by atoms with Crippen molar-refractivity contribution in [3.05, 3.63) is 0 Å². The van der Waals surface area contributed by atoms with Gasteiger partial charge in [0.15, 0.2) is 0 Å². The number of carbonyl (C=O) groups is 1. The summed E-state index contributed by atoms with van der Waals surface area (Å²) in [5.41, 5.74) is 0. The summed E-state index contributed by atoms with van der Waals surface area (Å²) >= 11 is 0. The van der Waals surface area contributed by atoms with Gasteiger partial charge < -0.3 is 14.5 Å². The monoisotopic (exact) mass is 268 g/mol. The van der Waals surface area contributed by atoms with E-state index < -0.39 is 0 Å². The van der Waals surface area contributed by atoms with E-state index in [-0.39, 0.29) is 11.9 Å². The maximum absolute atomic E-state index is 12.1. The highest BCUT2D eigenvalue weighted by molar-refractivity contribution is 5.73. The third-order valence-electron chi connectivity index (χ3n) is 4.81. The van der Waals surface area contributed by atoms with Crippen molar-refractivity contribution in [2.75, 3.05) is 46.4 Å². The van der Waals surface area contributed by atoms with Crippen molar-refractivity contribution in [1.29, 1.82) is 0 Å². The molecule has 2 aliphatic heterocycles. The number of likely N-dealkylation sites (tertiary alicyclic amines) is 2. The van der Waals surface area contributed by atoms with E-state index >= 15 is 0 Å². The lowest BCUT2D eigenvalue weighted by molar-refractivity contribution is -0.149. The van der Waals surface area contributed by atoms with Crippen molar-refractivity contribution in [3.63, 3.8) is 0 Å². The number of rotatable bonds is 5. The van der Waals surface area contributed by atoms with E-state index in [2.05, 4.69) is 16.7 Å². The second-order valence-electron chi connectivity index (χ2n) is 5.91. The van der Waals surface area contributed by atoms with Gasteiger partial charge in [-0.2, -0.15) is 0 Å². The Morgan fingerprint density at radius 1 is 1.16 bits per heavy atom. The number of ether oxygens (including phenoxy) is 1. The molecule has 0 N–H and O–H groups in total. The zero-order valence-corrected chi connectivity index (χ0v) is 12.4. The second kappa shape index (κ2) is 7.25. The van der Waals surface area contributed by atoms with E-state index in [1.165, 1.54) is 20.0 Å². The third-order valence-corrected chi connectivity index (χ3v) is 4.81. The minimum atomic E-state index is 0.00171. The van der Waals surface area contributed by atoms with Crippen LogP contribution in [0.2, 0.25) is 0 Å². The predicted molar refractivity (Wildman–Crippen MR) is 76.0 cm³/mol. The second-order valence-corrected chi connectivity index (χ2v) is 5.91. The van der Waals surface area contributed by atoms with Crippen molar-refractivity contribution in [1.82, 2.24) is 9.80 Å². The molecule has 0 spiro atoms. The fourth-order valence-corrected chi connectivity index (χ4v) is 3.48. The van der Waals surface area contributed by atoms with Gasteiger partial charge in [-0.3, -0.25) is 4.79 Å². The van der Waals surface area contributed by atoms with Crippen LogP contribution in [0.25, 0.3) is 0 Å². The first-order valence-corrected chi connectivity index (χ1v) is 7.77. The molecular formula is C15H28N2O2. The van der Waals surface area contributed by atoms with Gasteiger partial charge in [0.1, 0.15) is 0 Å². The molecule has 2 heterocycles. The fraction of sp³-hybridized carbons (Fsp3) is 0.933. The summed E-state index contributed by atoms with van der Waals surface area (Å²) in [6.07, 6.45) is 4.84. The van der Waals surface area contributed by atoms with Crippen LogP contribution in [-0.2, 0) is 9.53 Å². The average molecular weight is 268 g/mol. The number of hydrogen-bond acceptors (Lipinski definition) is 4. The lowest BCUT2D eigenvalue weighted by atomic mass is 9.84. The normalized spacial score (nSPS) is 24.5. The van der Waals surface area contributed by atoms with Gasteiger partial charge in [-0.05, 0) is 64.3 Å². The molecule has 2 rings (SSSR count). The minimum Gasteiger partial charge on any atom is -0.469 e. The summed E-state index contributed by atoms with van der Waals surface area (Å²) in [5, 5.41) is 0. The standard InChI is InChI=1S/C15H28N2O2/c1-3-16-10-6-13(7-11-16)14(15(18)19-2)12-17-8-4-5-9-17/h13-14H,3-12H2,1-2H3. The Bertz CT molecular complexity index is 282. The van der Waals surface area contributed by atoms with Crippen molar-refractivity contribution >= 4 is 5.97 Å². The summed E-state index contributed by atoms with van der Waals surface area (Å²) in [6, 6.07) is 0. The van der Waals surface area contributed by atoms with Crippen LogP contribution in [0.15, 0.2) is 0 Å². The molecule has 2 saturated heterocycles. The first-order chi connectivity index (χ1) is 9.24. The molecule has 0 saturated carbocycles. The molecule has 0 aromatic rings. The van der Waals surface area contributed by atoms with Gasteiger partial charge in [0, 0.05) is 6.54 Å². The molecule has 2 aliphatic rings. The van der Waals surface area contributed by atoms with Crippen LogP contribution < -0.4 is 0 Å². The Labute approximate surface area is 117 Å². The first-order valence-electron chi connectivity index (χ1n) is 7.77. The zero-order chi connectivity index (χ0) is 13.7. The number of methoxy groups -OCH3 is 1. The summed E-state index contributed by atoms with van der Waals surface area (Å²) in [6.45, 7) is 8.82. The van der Waals surface area contributed by atoms with E-state index in [1.54, 1.807) is 0 Å². The van der Waals surface area contributed by atoms with Crippen LogP contribution in [0, 0.1) is 11.8 Å². The maximum Gasteiger partial charge on any atom is 0.310 e. The van der Waals surface area contributed by atoms with Crippen LogP contribution in [0.3, 0.4) is 0 Å². The molecule has 110 valence electrons. The lowest BCUT2D eigenvalue weighted by Crippen LogP contribution is -2.42. The Morgan fingerprint density at radius 3 is 2.32 bits per heavy atom. The van der Waals surface area contributed by atoms with Crippen LogP contribution >= 0.6 is 0 Å². The molecular weight excluding hydrogens is 240 g/mol. The first kappa shape index (κ1) is 14.8. The summed E-state index contributed by atoms with van der Waals surface area (Å²) in [7, 11) is 1.53. The molecule has 0 aromatic carbocycles. The zero-order valence-electron chi connectivity index (χ0n) is 12.4. The maximum atomic E-state index is 12.1. The van der Waals surface area contributed by atoms with Crippen molar-refractivity contribution in [3.8, 4) is 0 Å². The Hall–Kier alpha value is -0.610. The molecule has 0 amide bonds. The van der Waals surface area contributed by atoms with Gasteiger partial charge in [0.25, 0.3) is 0 Å². The SMILES string of the molecule is CCN1CCC(C(CN2CCCC2)C(=O)OC)CC1. The van der Waals surface area contributed by atoms with Crippen LogP contribution in [0.4, 0.5) is 0 Å². The van der Waals surface area contributed by atoms with Crippen LogP contribution in [0.5, 0.6) is 0 Å². The number of nitrogens with zero attached hydrogens (tertiary/aromatic N) is 2. The Balaban J connectivity index is 1.91. The van der Waals surface area contributed by atoms with Crippen molar-refractivity contribution in [2.24, 2.45) is 11.8 Å². The van der Waals surface area contributed by atoms with Gasteiger partial charge in [-0.25, -0.2) is 0 Å². The van der Waals surface area contributed by atoms with E-state index in [9.17, 15) is 4.79 Å². The average Bonchev–Trinajstić information content (AvgIpc) is 2.97.